The second-order valence-corrected chi connectivity index (χ2v) is 6.36. The first kappa shape index (κ1) is 14.1. The summed E-state index contributed by atoms with van der Waals surface area (Å²) in [5.74, 6) is 5.59. The maximum Gasteiger partial charge on any atom is 0.243 e. The number of rotatable bonds is 4. The molecule has 0 atom stereocenters. The molecule has 0 spiro atoms. The molecule has 1 aliphatic rings. The molecule has 0 radical (unpaired) electrons. The summed E-state index contributed by atoms with van der Waals surface area (Å²) in [4.78, 5) is 0.310. The lowest BCUT2D eigenvalue weighted by Crippen LogP contribution is -2.32. The summed E-state index contributed by atoms with van der Waals surface area (Å²) >= 11 is 0. The summed E-state index contributed by atoms with van der Waals surface area (Å²) in [6, 6.07) is 6.91. The maximum atomic E-state index is 12.5. The van der Waals surface area contributed by atoms with Crippen LogP contribution in [0, 0.1) is 11.8 Å². The predicted octanol–water partition coefficient (Wildman–Crippen LogP) is 1.17. The average molecular weight is 278 g/mol. The quantitative estimate of drug-likeness (QED) is 0.841. The summed E-state index contributed by atoms with van der Waals surface area (Å²) in [6.07, 6.45) is 1.92. The molecule has 2 N–H and O–H groups in total. The SMILES string of the molecule is CCN(C1CC1)S(=O)(=O)c1cccc(C#CCN)c1. The van der Waals surface area contributed by atoms with Crippen molar-refractivity contribution in [3.05, 3.63) is 29.8 Å². The molecule has 0 aliphatic heterocycles. The smallest absolute Gasteiger partial charge is 0.243 e. The number of nitrogens with two attached hydrogens (primary N) is 1. The number of benzene rings is 1. The van der Waals surface area contributed by atoms with E-state index in [9.17, 15) is 8.42 Å². The lowest BCUT2D eigenvalue weighted by atomic mass is 10.2. The van der Waals surface area contributed by atoms with E-state index in [4.69, 9.17) is 5.73 Å². The normalized spacial score (nSPS) is 15.1. The zero-order chi connectivity index (χ0) is 13.9. The van der Waals surface area contributed by atoms with Gasteiger partial charge >= 0.3 is 0 Å². The Hall–Kier alpha value is -1.35. The van der Waals surface area contributed by atoms with Crippen LogP contribution in [-0.4, -0.2) is 31.9 Å². The molecule has 0 saturated heterocycles. The molecule has 5 heteroatoms. The molecule has 0 aromatic heterocycles. The number of nitrogens with zero attached hydrogens (tertiary/aromatic N) is 1. The van der Waals surface area contributed by atoms with Crippen LogP contribution in [0.5, 0.6) is 0 Å². The summed E-state index contributed by atoms with van der Waals surface area (Å²) in [5.41, 5.74) is 6.00. The Bertz CT molecular complexity index is 610. The molecule has 4 nitrogen and oxygen atoms in total. The van der Waals surface area contributed by atoms with Crippen LogP contribution in [0.3, 0.4) is 0 Å². The molecule has 2 rings (SSSR count). The van der Waals surface area contributed by atoms with E-state index < -0.39 is 10.0 Å². The first-order valence-corrected chi connectivity index (χ1v) is 7.84. The van der Waals surface area contributed by atoms with Crippen LogP contribution >= 0.6 is 0 Å². The first-order chi connectivity index (χ1) is 9.09. The van der Waals surface area contributed by atoms with Crippen molar-refractivity contribution in [2.45, 2.75) is 30.7 Å². The Morgan fingerprint density at radius 3 is 2.74 bits per heavy atom. The van der Waals surface area contributed by atoms with Crippen LogP contribution < -0.4 is 5.73 Å². The Balaban J connectivity index is 2.34. The van der Waals surface area contributed by atoms with Gasteiger partial charge in [-0.1, -0.05) is 24.8 Å². The van der Waals surface area contributed by atoms with Crippen LogP contribution in [0.2, 0.25) is 0 Å². The predicted molar refractivity (Wildman–Crippen MR) is 75.0 cm³/mol. The third kappa shape index (κ3) is 3.16. The highest BCUT2D eigenvalue weighted by Gasteiger charge is 2.36. The Kier molecular flexibility index (Phi) is 4.25. The highest BCUT2D eigenvalue weighted by molar-refractivity contribution is 7.89. The van der Waals surface area contributed by atoms with Gasteiger partial charge in [-0.15, -0.1) is 0 Å². The molecule has 1 aliphatic carbocycles. The van der Waals surface area contributed by atoms with Crippen LogP contribution in [0.25, 0.3) is 0 Å². The van der Waals surface area contributed by atoms with Gasteiger partial charge in [0.25, 0.3) is 0 Å². The zero-order valence-corrected chi connectivity index (χ0v) is 11.8. The lowest BCUT2D eigenvalue weighted by molar-refractivity contribution is 0.421. The second kappa shape index (κ2) is 5.74. The maximum absolute atomic E-state index is 12.5. The van der Waals surface area contributed by atoms with Gasteiger partial charge in [0.05, 0.1) is 11.4 Å². The van der Waals surface area contributed by atoms with E-state index in [1.54, 1.807) is 28.6 Å². The van der Waals surface area contributed by atoms with Gasteiger partial charge in [0.2, 0.25) is 10.0 Å². The van der Waals surface area contributed by atoms with Crippen molar-refractivity contribution < 1.29 is 8.42 Å². The number of hydrogen-bond acceptors (Lipinski definition) is 3. The molecule has 19 heavy (non-hydrogen) atoms. The molecule has 1 saturated carbocycles. The van der Waals surface area contributed by atoms with E-state index >= 15 is 0 Å². The topological polar surface area (TPSA) is 63.4 Å². The highest BCUT2D eigenvalue weighted by Crippen LogP contribution is 2.31. The first-order valence-electron chi connectivity index (χ1n) is 6.40. The van der Waals surface area contributed by atoms with E-state index in [1.165, 1.54) is 0 Å². The number of hydrogen-bond donors (Lipinski definition) is 1. The molecular weight excluding hydrogens is 260 g/mol. The number of sulfonamides is 1. The van der Waals surface area contributed by atoms with Gasteiger partial charge in [-0.3, -0.25) is 0 Å². The zero-order valence-electron chi connectivity index (χ0n) is 11.0. The van der Waals surface area contributed by atoms with Gasteiger partial charge in [-0.05, 0) is 31.0 Å². The summed E-state index contributed by atoms with van der Waals surface area (Å²) in [6.45, 7) is 2.64. The lowest BCUT2D eigenvalue weighted by Gasteiger charge is -2.19. The van der Waals surface area contributed by atoms with Crippen molar-refractivity contribution >= 4 is 10.0 Å². The third-order valence-corrected chi connectivity index (χ3v) is 5.06. The van der Waals surface area contributed by atoms with Crippen LogP contribution in [0.1, 0.15) is 25.3 Å². The van der Waals surface area contributed by atoms with Gasteiger partial charge in [0.1, 0.15) is 0 Å². The molecule has 1 fully saturated rings. The van der Waals surface area contributed by atoms with Crippen molar-refractivity contribution in [2.75, 3.05) is 13.1 Å². The second-order valence-electron chi connectivity index (χ2n) is 4.47. The van der Waals surface area contributed by atoms with E-state index in [0.717, 1.165) is 12.8 Å². The van der Waals surface area contributed by atoms with Gasteiger partial charge in [0.15, 0.2) is 0 Å². The fourth-order valence-corrected chi connectivity index (χ4v) is 3.75. The molecule has 1 aromatic rings. The van der Waals surface area contributed by atoms with Crippen molar-refractivity contribution in [3.63, 3.8) is 0 Å². The van der Waals surface area contributed by atoms with Crippen LogP contribution in [-0.2, 0) is 10.0 Å². The molecule has 102 valence electrons. The van der Waals surface area contributed by atoms with Gasteiger partial charge in [0, 0.05) is 18.2 Å². The minimum atomic E-state index is -3.40. The van der Waals surface area contributed by atoms with Crippen molar-refractivity contribution in [2.24, 2.45) is 5.73 Å². The molecule has 0 unspecified atom stereocenters. The summed E-state index contributed by atoms with van der Waals surface area (Å²) < 4.78 is 26.6. The molecular formula is C14H18N2O2S. The standard InChI is InChI=1S/C14H18N2O2S/c1-2-16(13-8-9-13)19(17,18)14-7-3-5-12(11-14)6-4-10-15/h3,5,7,11,13H,2,8-10,15H2,1H3. The largest absolute Gasteiger partial charge is 0.320 e. The fourth-order valence-electron chi connectivity index (χ4n) is 2.01. The van der Waals surface area contributed by atoms with Gasteiger partial charge in [-0.2, -0.15) is 4.31 Å². The Morgan fingerprint density at radius 2 is 2.16 bits per heavy atom. The third-order valence-electron chi connectivity index (χ3n) is 3.04. The summed E-state index contributed by atoms with van der Waals surface area (Å²) in [5, 5.41) is 0. The molecule has 1 aromatic carbocycles. The van der Waals surface area contributed by atoms with Crippen molar-refractivity contribution in [1.82, 2.24) is 4.31 Å². The van der Waals surface area contributed by atoms with Gasteiger partial charge in [-0.25, -0.2) is 8.42 Å². The minimum Gasteiger partial charge on any atom is -0.320 e. The molecule has 0 heterocycles. The average Bonchev–Trinajstić information content (AvgIpc) is 3.22. The van der Waals surface area contributed by atoms with Crippen molar-refractivity contribution in [1.29, 1.82) is 0 Å². The van der Waals surface area contributed by atoms with E-state index in [0.29, 0.717) is 17.0 Å². The minimum absolute atomic E-state index is 0.175. The Morgan fingerprint density at radius 1 is 1.42 bits per heavy atom. The molecule has 0 bridgehead atoms. The van der Waals surface area contributed by atoms with Gasteiger partial charge < -0.3 is 5.73 Å². The van der Waals surface area contributed by atoms with Crippen LogP contribution in [0.15, 0.2) is 29.2 Å². The Labute approximate surface area is 114 Å². The van der Waals surface area contributed by atoms with E-state index in [-0.39, 0.29) is 12.6 Å². The summed E-state index contributed by atoms with van der Waals surface area (Å²) in [7, 11) is -3.40. The van der Waals surface area contributed by atoms with Crippen molar-refractivity contribution in [3.8, 4) is 11.8 Å². The monoisotopic (exact) mass is 278 g/mol. The fraction of sp³-hybridized carbons (Fsp3) is 0.429. The van der Waals surface area contributed by atoms with E-state index in [1.807, 2.05) is 6.92 Å². The molecule has 0 amide bonds. The van der Waals surface area contributed by atoms with Crippen LogP contribution in [0.4, 0.5) is 0 Å². The van der Waals surface area contributed by atoms with E-state index in [2.05, 4.69) is 11.8 Å². The highest BCUT2D eigenvalue weighted by atomic mass is 32.2.